The van der Waals surface area contributed by atoms with Crippen molar-refractivity contribution in [1.29, 1.82) is 0 Å². The summed E-state index contributed by atoms with van der Waals surface area (Å²) >= 11 is 0. The Morgan fingerprint density at radius 3 is 2.15 bits per heavy atom. The normalized spacial score (nSPS) is 19.2. The summed E-state index contributed by atoms with van der Waals surface area (Å²) in [7, 11) is -4.67. The van der Waals surface area contributed by atoms with Gasteiger partial charge >= 0.3 is 13.6 Å². The number of rotatable bonds is 4. The fraction of sp³-hybridized carbons (Fsp3) is 0.833. The maximum Gasteiger partial charge on any atom is 0.356 e. The topological polar surface area (TPSA) is 115 Å². The molecule has 2 atom stereocenters. The molecular weight excluding hydrogens is 199 g/mol. The lowest BCUT2D eigenvalue weighted by Gasteiger charge is -2.25. The van der Waals surface area contributed by atoms with E-state index >= 15 is 0 Å². The number of carboxylic acids is 1. The van der Waals surface area contributed by atoms with Gasteiger partial charge in [0.15, 0.2) is 5.34 Å². The van der Waals surface area contributed by atoms with Gasteiger partial charge < -0.3 is 20.0 Å². The van der Waals surface area contributed by atoms with Crippen LogP contribution in [-0.2, 0) is 9.36 Å². The third-order valence-corrected chi connectivity index (χ3v) is 3.18. The Labute approximate surface area is 75.4 Å². The molecule has 0 spiro atoms. The highest BCUT2D eigenvalue weighted by Gasteiger charge is 2.42. The molecular formula is C6H13O6P. The Hall–Kier alpha value is -0.420. The average Bonchev–Trinajstić information content (AvgIpc) is 1.83. The molecule has 0 aliphatic carbocycles. The van der Waals surface area contributed by atoms with E-state index in [9.17, 15) is 14.5 Å². The second kappa shape index (κ2) is 3.75. The molecule has 0 bridgehead atoms. The van der Waals surface area contributed by atoms with Crippen molar-refractivity contribution < 1.29 is 29.4 Å². The Kier molecular flexibility index (Phi) is 3.63. The van der Waals surface area contributed by atoms with E-state index in [1.54, 1.807) is 0 Å². The van der Waals surface area contributed by atoms with Gasteiger partial charge in [-0.25, -0.2) is 0 Å². The molecule has 0 fully saturated rings. The van der Waals surface area contributed by atoms with Gasteiger partial charge in [-0.05, 0) is 6.92 Å². The standard InChI is InChI=1S/C6H13O6P/c1-4(5(7)8)3-6(2,9)13(10,11)12/h4,9H,3H2,1-2H3,(H,7,8)(H2,10,11,12). The summed E-state index contributed by atoms with van der Waals surface area (Å²) in [5.74, 6) is -2.20. The molecule has 4 N–H and O–H groups in total. The van der Waals surface area contributed by atoms with Gasteiger partial charge in [0.25, 0.3) is 0 Å². The van der Waals surface area contributed by atoms with Gasteiger partial charge in [-0.2, -0.15) is 0 Å². The molecule has 0 aromatic carbocycles. The van der Waals surface area contributed by atoms with Gasteiger partial charge in [0.05, 0.1) is 5.92 Å². The van der Waals surface area contributed by atoms with Crippen molar-refractivity contribution in [3.05, 3.63) is 0 Å². The zero-order valence-corrected chi connectivity index (χ0v) is 8.23. The van der Waals surface area contributed by atoms with E-state index in [2.05, 4.69) is 0 Å². The molecule has 0 amide bonds. The van der Waals surface area contributed by atoms with Crippen LogP contribution in [0.25, 0.3) is 0 Å². The van der Waals surface area contributed by atoms with Crippen molar-refractivity contribution in [3.8, 4) is 0 Å². The fourth-order valence-electron chi connectivity index (χ4n) is 0.786. The van der Waals surface area contributed by atoms with Crippen LogP contribution >= 0.6 is 7.60 Å². The van der Waals surface area contributed by atoms with E-state index in [0.29, 0.717) is 0 Å². The number of aliphatic hydroxyl groups is 1. The van der Waals surface area contributed by atoms with E-state index in [4.69, 9.17) is 14.9 Å². The number of carbonyl (C=O) groups is 1. The number of hydrogen-bond donors (Lipinski definition) is 4. The number of carboxylic acid groups (broad SMARTS) is 1. The van der Waals surface area contributed by atoms with Crippen LogP contribution in [0.3, 0.4) is 0 Å². The quantitative estimate of drug-likeness (QED) is 0.487. The molecule has 0 saturated carbocycles. The first-order valence-electron chi connectivity index (χ1n) is 3.59. The van der Waals surface area contributed by atoms with E-state index in [1.165, 1.54) is 6.92 Å². The molecule has 0 rings (SSSR count). The molecule has 2 unspecified atom stereocenters. The van der Waals surface area contributed by atoms with Gasteiger partial charge in [0.1, 0.15) is 0 Å². The van der Waals surface area contributed by atoms with Crippen LogP contribution in [0.5, 0.6) is 0 Å². The highest BCUT2D eigenvalue weighted by Crippen LogP contribution is 2.51. The molecule has 13 heavy (non-hydrogen) atoms. The van der Waals surface area contributed by atoms with Gasteiger partial charge in [-0.15, -0.1) is 0 Å². The molecule has 0 aromatic heterocycles. The van der Waals surface area contributed by atoms with Crippen molar-refractivity contribution in [2.24, 2.45) is 5.92 Å². The van der Waals surface area contributed by atoms with Crippen LogP contribution < -0.4 is 0 Å². The van der Waals surface area contributed by atoms with Crippen molar-refractivity contribution in [2.45, 2.75) is 25.6 Å². The summed E-state index contributed by atoms with van der Waals surface area (Å²) in [4.78, 5) is 27.6. The summed E-state index contributed by atoms with van der Waals surface area (Å²) in [5.41, 5.74) is 0. The minimum atomic E-state index is -4.67. The lowest BCUT2D eigenvalue weighted by atomic mass is 10.1. The molecule has 6 nitrogen and oxygen atoms in total. The second-order valence-corrected chi connectivity index (χ2v) is 5.26. The monoisotopic (exact) mass is 212 g/mol. The minimum Gasteiger partial charge on any atom is -0.481 e. The van der Waals surface area contributed by atoms with Gasteiger partial charge in [0, 0.05) is 6.42 Å². The Morgan fingerprint density at radius 2 is 1.92 bits per heavy atom. The third kappa shape index (κ3) is 3.44. The molecule has 0 aromatic rings. The van der Waals surface area contributed by atoms with Crippen molar-refractivity contribution in [1.82, 2.24) is 0 Å². The van der Waals surface area contributed by atoms with E-state index in [0.717, 1.165) is 6.92 Å². The zero-order valence-electron chi connectivity index (χ0n) is 7.34. The molecule has 0 saturated heterocycles. The first-order valence-corrected chi connectivity index (χ1v) is 5.20. The zero-order chi connectivity index (χ0) is 10.9. The number of aliphatic carboxylic acids is 1. The summed E-state index contributed by atoms with van der Waals surface area (Å²) in [6.45, 7) is 2.19. The van der Waals surface area contributed by atoms with Crippen LogP contribution in [0.4, 0.5) is 0 Å². The molecule has 0 heterocycles. The smallest absolute Gasteiger partial charge is 0.356 e. The van der Waals surface area contributed by atoms with Crippen LogP contribution in [0, 0.1) is 5.92 Å². The van der Waals surface area contributed by atoms with E-state index in [-0.39, 0.29) is 0 Å². The third-order valence-electron chi connectivity index (χ3n) is 1.74. The highest BCUT2D eigenvalue weighted by atomic mass is 31.2. The molecule has 78 valence electrons. The molecule has 0 radical (unpaired) electrons. The highest BCUT2D eigenvalue weighted by molar-refractivity contribution is 7.53. The SMILES string of the molecule is CC(CC(C)(O)P(=O)(O)O)C(=O)O. The Balaban J connectivity index is 4.52. The Bertz CT molecular complexity index is 242. The van der Waals surface area contributed by atoms with Gasteiger partial charge in [-0.1, -0.05) is 6.92 Å². The van der Waals surface area contributed by atoms with Crippen molar-refractivity contribution >= 4 is 13.6 Å². The largest absolute Gasteiger partial charge is 0.481 e. The maximum absolute atomic E-state index is 10.7. The van der Waals surface area contributed by atoms with Crippen LogP contribution in [0.1, 0.15) is 20.3 Å². The maximum atomic E-state index is 10.7. The summed E-state index contributed by atoms with van der Waals surface area (Å²) < 4.78 is 10.7. The molecule has 7 heteroatoms. The van der Waals surface area contributed by atoms with Crippen LogP contribution in [0.2, 0.25) is 0 Å². The predicted molar refractivity (Wildman–Crippen MR) is 44.1 cm³/mol. The summed E-state index contributed by atoms with van der Waals surface area (Å²) in [5, 5.41) is 15.4. The van der Waals surface area contributed by atoms with E-state index in [1.807, 2.05) is 0 Å². The first kappa shape index (κ1) is 12.6. The Morgan fingerprint density at radius 1 is 1.54 bits per heavy atom. The summed E-state index contributed by atoms with van der Waals surface area (Å²) in [6, 6.07) is 0. The van der Waals surface area contributed by atoms with Gasteiger partial charge in [0.2, 0.25) is 0 Å². The lowest BCUT2D eigenvalue weighted by molar-refractivity contribution is -0.142. The lowest BCUT2D eigenvalue weighted by Crippen LogP contribution is -2.29. The van der Waals surface area contributed by atoms with E-state index < -0.39 is 31.2 Å². The van der Waals surface area contributed by atoms with Crippen molar-refractivity contribution in [3.63, 3.8) is 0 Å². The van der Waals surface area contributed by atoms with Crippen molar-refractivity contribution in [2.75, 3.05) is 0 Å². The van der Waals surface area contributed by atoms with Crippen LogP contribution in [0.15, 0.2) is 0 Å². The average molecular weight is 212 g/mol. The minimum absolute atomic E-state index is 0.480. The molecule has 0 aliphatic heterocycles. The first-order chi connectivity index (χ1) is 5.58. The second-order valence-electron chi connectivity index (χ2n) is 3.20. The fourth-order valence-corrected chi connectivity index (χ4v) is 1.30. The number of hydrogen-bond acceptors (Lipinski definition) is 3. The molecule has 0 aliphatic rings. The van der Waals surface area contributed by atoms with Gasteiger partial charge in [-0.3, -0.25) is 9.36 Å². The van der Waals surface area contributed by atoms with Crippen LogP contribution in [-0.4, -0.2) is 31.3 Å². The predicted octanol–water partition coefficient (Wildman–Crippen LogP) is -0.0166. The summed E-state index contributed by atoms with van der Waals surface area (Å²) in [6.07, 6.45) is -0.480.